The summed E-state index contributed by atoms with van der Waals surface area (Å²) >= 11 is 0. The number of carbonyl (C=O) groups excluding carboxylic acids is 1. The average molecular weight is 298 g/mol. The summed E-state index contributed by atoms with van der Waals surface area (Å²) in [5.41, 5.74) is -0.373. The lowest BCUT2D eigenvalue weighted by Gasteiger charge is -2.27. The summed E-state index contributed by atoms with van der Waals surface area (Å²) in [6.07, 6.45) is 1.39. The fraction of sp³-hybridized carbons (Fsp3) is 0.278. The van der Waals surface area contributed by atoms with Crippen LogP contribution in [0.5, 0.6) is 0 Å². The van der Waals surface area contributed by atoms with Crippen molar-refractivity contribution in [2.24, 2.45) is 5.92 Å². The fourth-order valence-electron chi connectivity index (χ4n) is 3.32. The van der Waals surface area contributed by atoms with Crippen LogP contribution in [0, 0.1) is 5.92 Å². The molecule has 0 bridgehead atoms. The van der Waals surface area contributed by atoms with Crippen LogP contribution in [0.3, 0.4) is 0 Å². The molecule has 0 saturated heterocycles. The number of carbonyl (C=O) groups is 1. The lowest BCUT2D eigenvalue weighted by atomic mass is 10.1. The predicted molar refractivity (Wildman–Crippen MR) is 87.0 cm³/mol. The van der Waals surface area contributed by atoms with Crippen LogP contribution in [0.1, 0.15) is 19.8 Å². The lowest BCUT2D eigenvalue weighted by molar-refractivity contribution is -0.117. The van der Waals surface area contributed by atoms with Crippen LogP contribution in [-0.4, -0.2) is 11.4 Å². The molecule has 1 aliphatic rings. The van der Waals surface area contributed by atoms with Crippen LogP contribution in [0.4, 0.5) is 0 Å². The van der Waals surface area contributed by atoms with Crippen LogP contribution in [0.25, 0.3) is 0 Å². The van der Waals surface area contributed by atoms with Gasteiger partial charge in [-0.25, -0.2) is 0 Å². The Labute approximate surface area is 125 Å². The normalized spacial score (nSPS) is 22.4. The van der Waals surface area contributed by atoms with E-state index in [1.165, 1.54) is 0 Å². The Balaban J connectivity index is 2.21. The summed E-state index contributed by atoms with van der Waals surface area (Å²) < 4.78 is 14.0. The number of rotatable bonds is 3. The van der Waals surface area contributed by atoms with Gasteiger partial charge in [-0.15, -0.1) is 0 Å². The van der Waals surface area contributed by atoms with E-state index in [0.29, 0.717) is 6.42 Å². The van der Waals surface area contributed by atoms with Gasteiger partial charge in [0.05, 0.1) is 5.66 Å². The highest BCUT2D eigenvalue weighted by Gasteiger charge is 2.46. The molecule has 0 heterocycles. The van der Waals surface area contributed by atoms with Gasteiger partial charge in [-0.3, -0.25) is 4.79 Å². The van der Waals surface area contributed by atoms with Crippen LogP contribution in [0.15, 0.2) is 60.7 Å². The molecular formula is C18H19O2P. The minimum atomic E-state index is -2.93. The van der Waals surface area contributed by atoms with Gasteiger partial charge in [0, 0.05) is 17.0 Å². The lowest BCUT2D eigenvalue weighted by Crippen LogP contribution is -2.31. The third kappa shape index (κ3) is 2.38. The Morgan fingerprint density at radius 2 is 1.38 bits per heavy atom. The molecule has 0 aromatic heterocycles. The first kappa shape index (κ1) is 14.3. The zero-order chi connectivity index (χ0) is 14.9. The molecule has 2 aromatic carbocycles. The topological polar surface area (TPSA) is 34.1 Å². The minimum absolute atomic E-state index is 0.151. The van der Waals surface area contributed by atoms with E-state index in [-0.39, 0.29) is 17.4 Å². The first-order valence-corrected chi connectivity index (χ1v) is 9.15. The number of Topliss-reactive ketones (excluding diaryl/α,β-unsaturated/α-hetero) is 1. The van der Waals surface area contributed by atoms with Crippen molar-refractivity contribution in [2.45, 2.75) is 25.4 Å². The molecule has 0 spiro atoms. The van der Waals surface area contributed by atoms with Gasteiger partial charge in [0.15, 0.2) is 7.14 Å². The molecule has 0 N–H and O–H groups in total. The third-order valence-corrected chi connectivity index (χ3v) is 8.10. The van der Waals surface area contributed by atoms with Crippen LogP contribution < -0.4 is 10.6 Å². The molecule has 1 aliphatic carbocycles. The highest BCUT2D eigenvalue weighted by atomic mass is 31.2. The second kappa shape index (κ2) is 5.61. The molecule has 2 aromatic rings. The quantitative estimate of drug-likeness (QED) is 0.814. The van der Waals surface area contributed by atoms with Gasteiger partial charge in [-0.05, 0) is 12.3 Å². The molecule has 108 valence electrons. The van der Waals surface area contributed by atoms with Crippen LogP contribution >= 0.6 is 7.14 Å². The molecule has 0 amide bonds. The standard InChI is InChI=1S/C18H19O2P/c1-14-12-13-17(19)18(14)21(20,15-8-4-2-5-9-15)16-10-6-3-7-11-16/h2-11,14,18H,12-13H2,1H3/t14-,18+/m0/s1. The summed E-state index contributed by atoms with van der Waals surface area (Å²) in [6.45, 7) is 2.05. The number of hydrogen-bond donors (Lipinski definition) is 0. The van der Waals surface area contributed by atoms with E-state index in [9.17, 15) is 9.36 Å². The molecule has 1 saturated carbocycles. The Morgan fingerprint density at radius 3 is 1.76 bits per heavy atom. The summed E-state index contributed by atoms with van der Waals surface area (Å²) in [7, 11) is -2.93. The first-order chi connectivity index (χ1) is 10.1. The van der Waals surface area contributed by atoms with Crippen LogP contribution in [-0.2, 0) is 9.36 Å². The predicted octanol–water partition coefficient (Wildman–Crippen LogP) is 3.37. The van der Waals surface area contributed by atoms with Crippen molar-refractivity contribution in [3.05, 3.63) is 60.7 Å². The largest absolute Gasteiger partial charge is 0.313 e. The van der Waals surface area contributed by atoms with E-state index >= 15 is 0 Å². The fourth-order valence-corrected chi connectivity index (χ4v) is 6.89. The molecule has 0 unspecified atom stereocenters. The van der Waals surface area contributed by atoms with Crippen molar-refractivity contribution >= 4 is 23.5 Å². The molecule has 0 radical (unpaired) electrons. The number of benzene rings is 2. The maximum absolute atomic E-state index is 14.0. The highest BCUT2D eigenvalue weighted by molar-refractivity contribution is 7.80. The second-order valence-corrected chi connectivity index (χ2v) is 8.66. The highest BCUT2D eigenvalue weighted by Crippen LogP contribution is 2.55. The number of hydrogen-bond acceptors (Lipinski definition) is 2. The van der Waals surface area contributed by atoms with E-state index < -0.39 is 7.14 Å². The van der Waals surface area contributed by atoms with Gasteiger partial charge in [-0.1, -0.05) is 67.6 Å². The molecule has 1 fully saturated rings. The summed E-state index contributed by atoms with van der Waals surface area (Å²) in [5.74, 6) is 0.322. The van der Waals surface area contributed by atoms with Gasteiger partial charge in [0.2, 0.25) is 0 Å². The van der Waals surface area contributed by atoms with E-state index in [1.54, 1.807) is 0 Å². The van der Waals surface area contributed by atoms with Crippen molar-refractivity contribution in [3.63, 3.8) is 0 Å². The maximum atomic E-state index is 14.0. The van der Waals surface area contributed by atoms with Crippen molar-refractivity contribution in [1.82, 2.24) is 0 Å². The molecule has 2 atom stereocenters. The molecule has 3 heteroatoms. The average Bonchev–Trinajstić information content (AvgIpc) is 2.88. The zero-order valence-electron chi connectivity index (χ0n) is 12.1. The van der Waals surface area contributed by atoms with Gasteiger partial charge < -0.3 is 4.57 Å². The van der Waals surface area contributed by atoms with E-state index in [4.69, 9.17) is 0 Å². The Morgan fingerprint density at radius 1 is 0.905 bits per heavy atom. The monoisotopic (exact) mass is 298 g/mol. The molecular weight excluding hydrogens is 279 g/mol. The molecule has 21 heavy (non-hydrogen) atoms. The minimum Gasteiger partial charge on any atom is -0.313 e. The summed E-state index contributed by atoms with van der Waals surface area (Å²) in [5, 5.41) is 1.59. The van der Waals surface area contributed by atoms with E-state index in [1.807, 2.05) is 67.6 Å². The smallest absolute Gasteiger partial charge is 0.153 e. The molecule has 2 nitrogen and oxygen atoms in total. The summed E-state index contributed by atoms with van der Waals surface area (Å²) in [6, 6.07) is 19.0. The third-order valence-electron chi connectivity index (χ3n) is 4.39. The van der Waals surface area contributed by atoms with E-state index in [0.717, 1.165) is 17.0 Å². The van der Waals surface area contributed by atoms with Crippen molar-refractivity contribution < 1.29 is 9.36 Å². The summed E-state index contributed by atoms with van der Waals surface area (Å²) in [4.78, 5) is 12.4. The van der Waals surface area contributed by atoms with E-state index in [2.05, 4.69) is 0 Å². The first-order valence-electron chi connectivity index (χ1n) is 7.37. The Kier molecular flexibility index (Phi) is 3.82. The van der Waals surface area contributed by atoms with Crippen molar-refractivity contribution in [1.29, 1.82) is 0 Å². The van der Waals surface area contributed by atoms with Crippen LogP contribution in [0.2, 0.25) is 0 Å². The SMILES string of the molecule is C[C@H]1CCC(=O)[C@@H]1P(=O)(c1ccccc1)c1ccccc1. The molecule has 0 aliphatic heterocycles. The maximum Gasteiger partial charge on any atom is 0.153 e. The zero-order valence-corrected chi connectivity index (χ0v) is 13.0. The van der Waals surface area contributed by atoms with Gasteiger partial charge in [0.1, 0.15) is 5.78 Å². The number of ketones is 1. The van der Waals surface area contributed by atoms with Gasteiger partial charge >= 0.3 is 0 Å². The Hall–Kier alpha value is -1.66. The van der Waals surface area contributed by atoms with Gasteiger partial charge in [-0.2, -0.15) is 0 Å². The van der Waals surface area contributed by atoms with Crippen molar-refractivity contribution in [2.75, 3.05) is 0 Å². The van der Waals surface area contributed by atoms with Gasteiger partial charge in [0.25, 0.3) is 0 Å². The second-order valence-electron chi connectivity index (χ2n) is 5.76. The Bertz CT molecular complexity index is 635. The molecule has 3 rings (SSSR count). The van der Waals surface area contributed by atoms with Crippen molar-refractivity contribution in [3.8, 4) is 0 Å².